The Labute approximate surface area is 110 Å². The first-order valence-electron chi connectivity index (χ1n) is 6.16. The van der Waals surface area contributed by atoms with Crippen LogP contribution in [0.15, 0.2) is 29.1 Å². The maximum absolute atomic E-state index is 11.2. The highest BCUT2D eigenvalue weighted by Gasteiger charge is 2.03. The highest BCUT2D eigenvalue weighted by molar-refractivity contribution is 5.56. The van der Waals surface area contributed by atoms with E-state index < -0.39 is 5.69 Å². The molecular formula is C13H16N4O2. The first-order valence-corrected chi connectivity index (χ1v) is 6.16. The van der Waals surface area contributed by atoms with E-state index in [1.54, 1.807) is 0 Å². The number of benzene rings is 1. The number of anilines is 1. The van der Waals surface area contributed by atoms with E-state index in [0.29, 0.717) is 12.4 Å². The maximum atomic E-state index is 11.2. The number of hydrogen-bond acceptors (Lipinski definition) is 5. The van der Waals surface area contributed by atoms with Gasteiger partial charge in [-0.05, 0) is 30.7 Å². The summed E-state index contributed by atoms with van der Waals surface area (Å²) in [4.78, 5) is 21.2. The summed E-state index contributed by atoms with van der Waals surface area (Å²) in [6.07, 6.45) is 2.12. The number of nitrogens with zero attached hydrogens (tertiary/aromatic N) is 2. The van der Waals surface area contributed by atoms with Crippen LogP contribution in [0, 0.1) is 0 Å². The number of ether oxygens (including phenoxy) is 1. The van der Waals surface area contributed by atoms with Crippen LogP contribution in [-0.4, -0.2) is 21.6 Å². The lowest BCUT2D eigenvalue weighted by atomic mass is 10.2. The van der Waals surface area contributed by atoms with Crippen LogP contribution in [0.2, 0.25) is 0 Å². The van der Waals surface area contributed by atoms with Gasteiger partial charge in [0.25, 0.3) is 0 Å². The molecule has 0 radical (unpaired) electrons. The molecule has 0 atom stereocenters. The van der Waals surface area contributed by atoms with E-state index in [9.17, 15) is 4.79 Å². The number of aromatic amines is 1. The van der Waals surface area contributed by atoms with Gasteiger partial charge in [0.2, 0.25) is 5.95 Å². The fourth-order valence-corrected chi connectivity index (χ4v) is 1.58. The van der Waals surface area contributed by atoms with E-state index >= 15 is 0 Å². The van der Waals surface area contributed by atoms with Gasteiger partial charge in [0.15, 0.2) is 0 Å². The molecule has 0 aliphatic rings. The van der Waals surface area contributed by atoms with Crippen LogP contribution in [0.3, 0.4) is 0 Å². The number of rotatable bonds is 5. The van der Waals surface area contributed by atoms with E-state index in [1.807, 2.05) is 24.3 Å². The second-order valence-corrected chi connectivity index (χ2v) is 4.09. The second-order valence-electron chi connectivity index (χ2n) is 4.09. The zero-order valence-electron chi connectivity index (χ0n) is 10.7. The lowest BCUT2D eigenvalue weighted by molar-refractivity contribution is 0.309. The van der Waals surface area contributed by atoms with Crippen molar-refractivity contribution in [3.8, 4) is 17.1 Å². The van der Waals surface area contributed by atoms with Crippen molar-refractivity contribution in [2.45, 2.75) is 19.8 Å². The summed E-state index contributed by atoms with van der Waals surface area (Å²) in [6.45, 7) is 2.81. The lowest BCUT2D eigenvalue weighted by Gasteiger charge is -2.06. The molecule has 6 nitrogen and oxygen atoms in total. The molecule has 0 spiro atoms. The molecule has 0 unspecified atom stereocenters. The molecule has 1 aromatic heterocycles. The Bertz CT molecular complexity index is 592. The molecule has 1 heterocycles. The smallest absolute Gasteiger partial charge is 0.349 e. The minimum atomic E-state index is -0.509. The molecule has 19 heavy (non-hydrogen) atoms. The van der Waals surface area contributed by atoms with Crippen molar-refractivity contribution in [1.29, 1.82) is 0 Å². The van der Waals surface area contributed by atoms with Crippen molar-refractivity contribution in [1.82, 2.24) is 15.0 Å². The molecule has 2 aromatic rings. The molecule has 0 amide bonds. The number of H-pyrrole nitrogens is 1. The van der Waals surface area contributed by atoms with Crippen LogP contribution in [0.5, 0.6) is 5.75 Å². The van der Waals surface area contributed by atoms with Crippen LogP contribution in [0.25, 0.3) is 11.4 Å². The molecule has 0 aliphatic heterocycles. The van der Waals surface area contributed by atoms with E-state index in [-0.39, 0.29) is 5.95 Å². The highest BCUT2D eigenvalue weighted by Crippen LogP contribution is 2.18. The van der Waals surface area contributed by atoms with Crippen LogP contribution < -0.4 is 16.2 Å². The van der Waals surface area contributed by atoms with E-state index in [0.717, 1.165) is 24.2 Å². The SMILES string of the molecule is CCCCOc1ccc(-c2nc(N)nc(=O)[nH]2)cc1. The maximum Gasteiger partial charge on any atom is 0.349 e. The normalized spacial score (nSPS) is 10.4. The number of nitrogen functional groups attached to an aromatic ring is 1. The van der Waals surface area contributed by atoms with Crippen molar-refractivity contribution < 1.29 is 4.74 Å². The Hall–Kier alpha value is -2.37. The fourth-order valence-electron chi connectivity index (χ4n) is 1.58. The van der Waals surface area contributed by atoms with Gasteiger partial charge in [-0.3, -0.25) is 4.98 Å². The summed E-state index contributed by atoms with van der Waals surface area (Å²) in [6, 6.07) is 7.31. The first kappa shape index (κ1) is 13.1. The molecule has 0 bridgehead atoms. The molecule has 0 aliphatic carbocycles. The number of unbranched alkanes of at least 4 members (excludes halogenated alkanes) is 1. The fraction of sp³-hybridized carbons (Fsp3) is 0.308. The monoisotopic (exact) mass is 260 g/mol. The number of aromatic nitrogens is 3. The largest absolute Gasteiger partial charge is 0.494 e. The van der Waals surface area contributed by atoms with Gasteiger partial charge in [-0.15, -0.1) is 0 Å². The van der Waals surface area contributed by atoms with Gasteiger partial charge < -0.3 is 10.5 Å². The third-order valence-electron chi connectivity index (χ3n) is 2.56. The number of nitrogens with two attached hydrogens (primary N) is 1. The van der Waals surface area contributed by atoms with E-state index in [1.165, 1.54) is 0 Å². The summed E-state index contributed by atoms with van der Waals surface area (Å²) < 4.78 is 5.56. The topological polar surface area (TPSA) is 93.9 Å². The minimum Gasteiger partial charge on any atom is -0.494 e. The molecule has 1 aromatic carbocycles. The highest BCUT2D eigenvalue weighted by atomic mass is 16.5. The Kier molecular flexibility index (Phi) is 4.12. The lowest BCUT2D eigenvalue weighted by Crippen LogP contribution is -2.15. The zero-order valence-corrected chi connectivity index (χ0v) is 10.7. The van der Waals surface area contributed by atoms with Crippen LogP contribution >= 0.6 is 0 Å². The van der Waals surface area contributed by atoms with Crippen molar-refractivity contribution in [3.63, 3.8) is 0 Å². The van der Waals surface area contributed by atoms with Crippen LogP contribution in [0.1, 0.15) is 19.8 Å². The standard InChI is InChI=1S/C13H16N4O2/c1-2-3-8-19-10-6-4-9(5-7-10)11-15-12(14)17-13(18)16-11/h4-7H,2-3,8H2,1H3,(H3,14,15,16,17,18). The Morgan fingerprint density at radius 2 is 2.00 bits per heavy atom. The first-order chi connectivity index (χ1) is 9.19. The Balaban J connectivity index is 2.15. The summed E-state index contributed by atoms with van der Waals surface area (Å²) in [5.41, 5.74) is 5.69. The molecule has 6 heteroatoms. The van der Waals surface area contributed by atoms with Gasteiger partial charge in [-0.25, -0.2) is 4.79 Å². The van der Waals surface area contributed by atoms with Crippen molar-refractivity contribution in [2.75, 3.05) is 12.3 Å². The quantitative estimate of drug-likeness (QED) is 0.796. The van der Waals surface area contributed by atoms with E-state index in [4.69, 9.17) is 10.5 Å². The molecule has 0 saturated carbocycles. The van der Waals surface area contributed by atoms with Gasteiger partial charge in [-0.1, -0.05) is 13.3 Å². The summed E-state index contributed by atoms with van der Waals surface area (Å²) in [5, 5.41) is 0. The number of hydrogen-bond donors (Lipinski definition) is 2. The van der Waals surface area contributed by atoms with Gasteiger partial charge in [-0.2, -0.15) is 9.97 Å². The van der Waals surface area contributed by atoms with Gasteiger partial charge in [0.1, 0.15) is 11.6 Å². The van der Waals surface area contributed by atoms with Crippen molar-refractivity contribution >= 4 is 5.95 Å². The third kappa shape index (κ3) is 3.54. The van der Waals surface area contributed by atoms with Crippen LogP contribution in [-0.2, 0) is 0 Å². The molecular weight excluding hydrogens is 244 g/mol. The summed E-state index contributed by atoms with van der Waals surface area (Å²) in [7, 11) is 0. The van der Waals surface area contributed by atoms with E-state index in [2.05, 4.69) is 21.9 Å². The Morgan fingerprint density at radius 1 is 1.26 bits per heavy atom. The zero-order chi connectivity index (χ0) is 13.7. The second kappa shape index (κ2) is 5.99. The average Bonchev–Trinajstić information content (AvgIpc) is 2.39. The van der Waals surface area contributed by atoms with Crippen molar-refractivity contribution in [3.05, 3.63) is 34.7 Å². The van der Waals surface area contributed by atoms with Crippen LogP contribution in [0.4, 0.5) is 5.95 Å². The Morgan fingerprint density at radius 3 is 2.63 bits per heavy atom. The molecule has 3 N–H and O–H groups in total. The molecule has 2 rings (SSSR count). The van der Waals surface area contributed by atoms with Gasteiger partial charge in [0.05, 0.1) is 6.61 Å². The molecule has 100 valence electrons. The summed E-state index contributed by atoms with van der Waals surface area (Å²) >= 11 is 0. The van der Waals surface area contributed by atoms with Gasteiger partial charge in [0, 0.05) is 5.56 Å². The molecule has 0 saturated heterocycles. The predicted molar refractivity (Wildman–Crippen MR) is 72.9 cm³/mol. The summed E-state index contributed by atoms with van der Waals surface area (Å²) in [5.74, 6) is 1.15. The predicted octanol–water partition coefficient (Wildman–Crippen LogP) is 1.59. The molecule has 0 fully saturated rings. The number of nitrogens with one attached hydrogen (secondary N) is 1. The van der Waals surface area contributed by atoms with Gasteiger partial charge >= 0.3 is 5.69 Å². The third-order valence-corrected chi connectivity index (χ3v) is 2.56. The minimum absolute atomic E-state index is 0.0398. The average molecular weight is 260 g/mol. The van der Waals surface area contributed by atoms with Crippen molar-refractivity contribution in [2.24, 2.45) is 0 Å².